The summed E-state index contributed by atoms with van der Waals surface area (Å²) >= 11 is 1.37. The summed E-state index contributed by atoms with van der Waals surface area (Å²) in [6, 6.07) is 3.90. The first-order valence-electron chi connectivity index (χ1n) is 8.37. The highest BCUT2D eigenvalue weighted by Gasteiger charge is 2.17. The largest absolute Gasteiger partial charge is 0.508 e. The molecule has 0 aliphatic heterocycles. The first-order valence-corrected chi connectivity index (χ1v) is 9.19. The SMILES string of the molecule is Cc1ccc(O)c(C)c1NC(=O)c1cnc(NC2CCCCC2)s1. The molecule has 0 bridgehead atoms. The number of nitrogens with zero attached hydrogens (tertiary/aromatic N) is 1. The van der Waals surface area contributed by atoms with Gasteiger partial charge >= 0.3 is 0 Å². The predicted molar refractivity (Wildman–Crippen MR) is 98.1 cm³/mol. The normalized spacial score (nSPS) is 15.2. The van der Waals surface area contributed by atoms with Crippen molar-refractivity contribution < 1.29 is 9.90 Å². The number of nitrogens with one attached hydrogen (secondary N) is 2. The van der Waals surface area contributed by atoms with Crippen molar-refractivity contribution in [1.82, 2.24) is 4.98 Å². The van der Waals surface area contributed by atoms with Crippen molar-refractivity contribution in [2.45, 2.75) is 52.0 Å². The second kappa shape index (κ2) is 7.21. The Labute approximate surface area is 146 Å². The van der Waals surface area contributed by atoms with E-state index in [2.05, 4.69) is 15.6 Å². The van der Waals surface area contributed by atoms with E-state index in [0.29, 0.717) is 22.2 Å². The van der Waals surface area contributed by atoms with Crippen LogP contribution in [-0.2, 0) is 0 Å². The lowest BCUT2D eigenvalue weighted by Crippen LogP contribution is -2.21. The number of carbonyl (C=O) groups is 1. The van der Waals surface area contributed by atoms with Crippen molar-refractivity contribution >= 4 is 28.1 Å². The van der Waals surface area contributed by atoms with E-state index < -0.39 is 0 Å². The number of rotatable bonds is 4. The fourth-order valence-electron chi connectivity index (χ4n) is 3.07. The average Bonchev–Trinajstić information content (AvgIpc) is 3.04. The van der Waals surface area contributed by atoms with Crippen molar-refractivity contribution in [2.24, 2.45) is 0 Å². The Morgan fingerprint density at radius 1 is 1.25 bits per heavy atom. The molecule has 0 saturated heterocycles. The van der Waals surface area contributed by atoms with E-state index in [4.69, 9.17) is 0 Å². The summed E-state index contributed by atoms with van der Waals surface area (Å²) in [4.78, 5) is 17.4. The second-order valence-electron chi connectivity index (χ2n) is 6.36. The van der Waals surface area contributed by atoms with Gasteiger partial charge in [0.05, 0.1) is 11.9 Å². The summed E-state index contributed by atoms with van der Waals surface area (Å²) in [6.45, 7) is 3.70. The summed E-state index contributed by atoms with van der Waals surface area (Å²) in [7, 11) is 0. The van der Waals surface area contributed by atoms with Crippen molar-refractivity contribution in [3.05, 3.63) is 34.3 Å². The first-order chi connectivity index (χ1) is 11.5. The lowest BCUT2D eigenvalue weighted by Gasteiger charge is -2.22. The monoisotopic (exact) mass is 345 g/mol. The molecule has 1 aliphatic carbocycles. The summed E-state index contributed by atoms with van der Waals surface area (Å²) in [5, 5.41) is 17.0. The maximum Gasteiger partial charge on any atom is 0.267 e. The molecule has 1 aromatic carbocycles. The van der Waals surface area contributed by atoms with Crippen LogP contribution in [0.1, 0.15) is 52.9 Å². The summed E-state index contributed by atoms with van der Waals surface area (Å²) in [5.74, 6) is -0.0131. The number of hydrogen-bond donors (Lipinski definition) is 3. The molecule has 5 nitrogen and oxygen atoms in total. The van der Waals surface area contributed by atoms with Gasteiger partial charge in [-0.25, -0.2) is 4.98 Å². The number of benzene rings is 1. The minimum atomic E-state index is -0.194. The molecule has 3 N–H and O–H groups in total. The zero-order valence-electron chi connectivity index (χ0n) is 14.1. The van der Waals surface area contributed by atoms with Gasteiger partial charge in [0.15, 0.2) is 5.13 Å². The minimum absolute atomic E-state index is 0.180. The second-order valence-corrected chi connectivity index (χ2v) is 7.40. The number of aryl methyl sites for hydroxylation is 1. The number of carbonyl (C=O) groups excluding carboxylic acids is 1. The van der Waals surface area contributed by atoms with Crippen LogP contribution >= 0.6 is 11.3 Å². The van der Waals surface area contributed by atoms with Gasteiger partial charge in [0.1, 0.15) is 10.6 Å². The van der Waals surface area contributed by atoms with E-state index in [1.54, 1.807) is 25.3 Å². The number of anilines is 2. The Balaban J connectivity index is 1.69. The Hall–Kier alpha value is -2.08. The van der Waals surface area contributed by atoms with Crippen molar-refractivity contribution in [1.29, 1.82) is 0 Å². The maximum atomic E-state index is 12.5. The van der Waals surface area contributed by atoms with Gasteiger partial charge in [-0.1, -0.05) is 36.7 Å². The Morgan fingerprint density at radius 3 is 2.75 bits per heavy atom. The zero-order chi connectivity index (χ0) is 17.1. The minimum Gasteiger partial charge on any atom is -0.508 e. The van der Waals surface area contributed by atoms with E-state index in [9.17, 15) is 9.90 Å². The molecule has 1 aromatic heterocycles. The first kappa shape index (κ1) is 16.8. The smallest absolute Gasteiger partial charge is 0.267 e. The van der Waals surface area contributed by atoms with Crippen LogP contribution in [0.5, 0.6) is 5.75 Å². The van der Waals surface area contributed by atoms with Crippen LogP contribution in [0.15, 0.2) is 18.3 Å². The highest BCUT2D eigenvalue weighted by molar-refractivity contribution is 7.17. The molecule has 0 radical (unpaired) electrons. The van der Waals surface area contributed by atoms with E-state index in [1.807, 2.05) is 6.92 Å². The highest BCUT2D eigenvalue weighted by atomic mass is 32.1. The van der Waals surface area contributed by atoms with Crippen molar-refractivity contribution in [3.8, 4) is 5.75 Å². The lowest BCUT2D eigenvalue weighted by atomic mass is 9.96. The molecule has 0 spiro atoms. The molecule has 1 heterocycles. The van der Waals surface area contributed by atoms with Crippen LogP contribution in [0.25, 0.3) is 0 Å². The topological polar surface area (TPSA) is 74.2 Å². The fourth-order valence-corrected chi connectivity index (χ4v) is 3.86. The van der Waals surface area contributed by atoms with Gasteiger partial charge in [0.2, 0.25) is 0 Å². The summed E-state index contributed by atoms with van der Waals surface area (Å²) < 4.78 is 0. The molecular formula is C18H23N3O2S. The number of phenolic OH excluding ortho intramolecular Hbond substituents is 1. The van der Waals surface area contributed by atoms with Crippen LogP contribution in [-0.4, -0.2) is 22.0 Å². The van der Waals surface area contributed by atoms with E-state index in [0.717, 1.165) is 10.7 Å². The van der Waals surface area contributed by atoms with Gasteiger partial charge in [0.25, 0.3) is 5.91 Å². The Morgan fingerprint density at radius 2 is 2.00 bits per heavy atom. The lowest BCUT2D eigenvalue weighted by molar-refractivity contribution is 0.103. The molecule has 1 aliphatic rings. The third kappa shape index (κ3) is 3.70. The van der Waals surface area contributed by atoms with E-state index >= 15 is 0 Å². The average molecular weight is 345 g/mol. The molecule has 128 valence electrons. The predicted octanol–water partition coefficient (Wildman–Crippen LogP) is 4.46. The number of thiazole rings is 1. The van der Waals surface area contributed by atoms with Crippen LogP contribution in [0.3, 0.4) is 0 Å². The number of aromatic hydroxyl groups is 1. The number of aromatic nitrogens is 1. The van der Waals surface area contributed by atoms with E-state index in [1.165, 1.54) is 43.4 Å². The third-order valence-electron chi connectivity index (χ3n) is 4.55. The van der Waals surface area contributed by atoms with E-state index in [-0.39, 0.29) is 11.7 Å². The van der Waals surface area contributed by atoms with Gasteiger partial charge in [0, 0.05) is 11.6 Å². The molecule has 1 fully saturated rings. The number of phenols is 1. The Bertz CT molecular complexity index is 736. The molecule has 0 unspecified atom stereocenters. The van der Waals surface area contributed by atoms with Crippen LogP contribution in [0.2, 0.25) is 0 Å². The van der Waals surface area contributed by atoms with Gasteiger partial charge < -0.3 is 15.7 Å². The third-order valence-corrected chi connectivity index (χ3v) is 5.47. The quantitative estimate of drug-likeness (QED) is 0.765. The van der Waals surface area contributed by atoms with Crippen LogP contribution in [0.4, 0.5) is 10.8 Å². The number of amides is 1. The summed E-state index contributed by atoms with van der Waals surface area (Å²) in [5.41, 5.74) is 2.26. The summed E-state index contributed by atoms with van der Waals surface area (Å²) in [6.07, 6.45) is 7.77. The molecule has 24 heavy (non-hydrogen) atoms. The van der Waals surface area contributed by atoms with Gasteiger partial charge in [-0.15, -0.1) is 0 Å². The van der Waals surface area contributed by atoms with Crippen molar-refractivity contribution in [2.75, 3.05) is 10.6 Å². The zero-order valence-corrected chi connectivity index (χ0v) is 14.9. The molecule has 3 rings (SSSR count). The highest BCUT2D eigenvalue weighted by Crippen LogP contribution is 2.29. The van der Waals surface area contributed by atoms with Crippen LogP contribution in [0, 0.1) is 13.8 Å². The molecule has 0 atom stereocenters. The molecule has 1 saturated carbocycles. The van der Waals surface area contributed by atoms with Gasteiger partial charge in [-0.05, 0) is 38.3 Å². The molecule has 1 amide bonds. The van der Waals surface area contributed by atoms with Gasteiger partial charge in [-0.2, -0.15) is 0 Å². The van der Waals surface area contributed by atoms with Crippen LogP contribution < -0.4 is 10.6 Å². The van der Waals surface area contributed by atoms with Gasteiger partial charge in [-0.3, -0.25) is 4.79 Å². The molecule has 6 heteroatoms. The fraction of sp³-hybridized carbons (Fsp3) is 0.444. The molecule has 2 aromatic rings. The Kier molecular flexibility index (Phi) is 5.04. The standard InChI is InChI=1S/C18H23N3O2S/c1-11-8-9-14(22)12(2)16(11)21-17(23)15-10-19-18(24-15)20-13-6-4-3-5-7-13/h8-10,13,22H,3-7H2,1-2H3,(H,19,20)(H,21,23). The van der Waals surface area contributed by atoms with Crippen molar-refractivity contribution in [3.63, 3.8) is 0 Å². The maximum absolute atomic E-state index is 12.5. The molecular weight excluding hydrogens is 322 g/mol. The number of hydrogen-bond acceptors (Lipinski definition) is 5.